The molecule has 2 atom stereocenters. The van der Waals surface area contributed by atoms with Gasteiger partial charge in [-0.25, -0.2) is 0 Å². The van der Waals surface area contributed by atoms with Crippen LogP contribution >= 0.6 is 0 Å². The number of ether oxygens (including phenoxy) is 1. The Morgan fingerprint density at radius 1 is 0.575 bits per heavy atom. The SMILES string of the molecule is O=C1c2ccccc2C(=O)C12O[C@@H](c1ccccc1)C1(C(=O)c3ccccc3C1=O)[C@@H]2c1ccc([N+](=O)[O-])cc1. The summed E-state index contributed by atoms with van der Waals surface area (Å²) in [6.07, 6.45) is -1.29. The van der Waals surface area contributed by atoms with Gasteiger partial charge in [0.25, 0.3) is 5.69 Å². The van der Waals surface area contributed by atoms with Gasteiger partial charge < -0.3 is 4.74 Å². The molecule has 8 nitrogen and oxygen atoms in total. The average Bonchev–Trinajstić information content (AvgIpc) is 3.52. The zero-order valence-corrected chi connectivity index (χ0v) is 20.8. The van der Waals surface area contributed by atoms with Crippen LogP contribution in [0, 0.1) is 15.5 Å². The number of hydrogen-bond donors (Lipinski definition) is 0. The van der Waals surface area contributed by atoms with Crippen LogP contribution in [0.3, 0.4) is 0 Å². The number of ketones is 4. The van der Waals surface area contributed by atoms with Crippen molar-refractivity contribution in [1.29, 1.82) is 0 Å². The second-order valence-electron chi connectivity index (χ2n) is 10.2. The molecular formula is C32H19NO7. The lowest BCUT2D eigenvalue weighted by atomic mass is 9.60. The van der Waals surface area contributed by atoms with E-state index in [2.05, 4.69) is 0 Å². The van der Waals surface area contributed by atoms with Gasteiger partial charge in [-0.1, -0.05) is 91.0 Å². The lowest BCUT2D eigenvalue weighted by Gasteiger charge is -2.34. The highest BCUT2D eigenvalue weighted by Gasteiger charge is 2.79. The van der Waals surface area contributed by atoms with E-state index in [-0.39, 0.29) is 33.5 Å². The van der Waals surface area contributed by atoms with Gasteiger partial charge in [-0.2, -0.15) is 0 Å². The maximum absolute atomic E-state index is 14.6. The first-order valence-corrected chi connectivity index (χ1v) is 12.7. The molecular weight excluding hydrogens is 510 g/mol. The van der Waals surface area contributed by atoms with Crippen LogP contribution in [0.1, 0.15) is 64.6 Å². The Bertz CT molecular complexity index is 1720. The summed E-state index contributed by atoms with van der Waals surface area (Å²) in [6.45, 7) is 0. The zero-order chi connectivity index (χ0) is 27.8. The number of hydrogen-bond acceptors (Lipinski definition) is 7. The van der Waals surface area contributed by atoms with Crippen LogP contribution in [-0.4, -0.2) is 33.7 Å². The van der Waals surface area contributed by atoms with Gasteiger partial charge in [0.1, 0.15) is 11.5 Å². The van der Waals surface area contributed by atoms with E-state index in [9.17, 15) is 29.3 Å². The fraction of sp³-hybridized carbons (Fsp3) is 0.125. The van der Waals surface area contributed by atoms with Gasteiger partial charge in [0.15, 0.2) is 11.6 Å². The van der Waals surface area contributed by atoms with E-state index in [1.54, 1.807) is 66.7 Å². The molecule has 0 radical (unpaired) electrons. The van der Waals surface area contributed by atoms with Crippen molar-refractivity contribution in [2.24, 2.45) is 5.41 Å². The maximum Gasteiger partial charge on any atom is 0.269 e. The molecule has 0 bridgehead atoms. The van der Waals surface area contributed by atoms with E-state index < -0.39 is 51.1 Å². The zero-order valence-electron chi connectivity index (χ0n) is 20.8. The Morgan fingerprint density at radius 3 is 1.50 bits per heavy atom. The fourth-order valence-electron chi connectivity index (χ4n) is 6.74. The van der Waals surface area contributed by atoms with Gasteiger partial charge in [0.05, 0.1) is 10.8 Å². The third kappa shape index (κ3) is 2.78. The summed E-state index contributed by atoms with van der Waals surface area (Å²) >= 11 is 0. The summed E-state index contributed by atoms with van der Waals surface area (Å²) in [7, 11) is 0. The highest BCUT2D eigenvalue weighted by Crippen LogP contribution is 2.67. The Morgan fingerprint density at radius 2 is 1.02 bits per heavy atom. The van der Waals surface area contributed by atoms with Gasteiger partial charge in [-0.05, 0) is 11.1 Å². The van der Waals surface area contributed by atoms with Crippen molar-refractivity contribution in [1.82, 2.24) is 0 Å². The second-order valence-corrected chi connectivity index (χ2v) is 10.2. The first-order chi connectivity index (χ1) is 19.3. The molecule has 0 saturated carbocycles. The van der Waals surface area contributed by atoms with Crippen LogP contribution < -0.4 is 0 Å². The number of carbonyl (C=O) groups is 4. The summed E-state index contributed by atoms with van der Waals surface area (Å²) in [4.78, 5) is 68.6. The summed E-state index contributed by atoms with van der Waals surface area (Å²) in [5.41, 5.74) is -3.15. The van der Waals surface area contributed by atoms with Crippen molar-refractivity contribution in [2.75, 3.05) is 0 Å². The van der Waals surface area contributed by atoms with Crippen LogP contribution in [0.4, 0.5) is 5.69 Å². The van der Waals surface area contributed by atoms with E-state index in [4.69, 9.17) is 4.74 Å². The van der Waals surface area contributed by atoms with Crippen molar-refractivity contribution in [3.05, 3.63) is 147 Å². The Hall–Kier alpha value is -5.08. The molecule has 1 fully saturated rings. The molecule has 8 heteroatoms. The second kappa shape index (κ2) is 8.21. The molecule has 0 N–H and O–H groups in total. The molecule has 2 spiro atoms. The van der Waals surface area contributed by atoms with Crippen LogP contribution in [0.5, 0.6) is 0 Å². The quantitative estimate of drug-likeness (QED) is 0.200. The minimum Gasteiger partial charge on any atom is -0.348 e. The molecule has 1 heterocycles. The number of Topliss-reactive ketones (excluding diaryl/α,β-unsaturated/α-hetero) is 4. The number of non-ortho nitro benzene ring substituents is 1. The van der Waals surface area contributed by atoms with Gasteiger partial charge in [0, 0.05) is 34.4 Å². The smallest absolute Gasteiger partial charge is 0.269 e. The third-order valence-electron chi connectivity index (χ3n) is 8.38. The lowest BCUT2D eigenvalue weighted by Crippen LogP contribution is -2.51. The molecule has 1 saturated heterocycles. The first-order valence-electron chi connectivity index (χ1n) is 12.7. The van der Waals surface area contributed by atoms with Crippen LogP contribution in [-0.2, 0) is 4.74 Å². The summed E-state index contributed by atoms with van der Waals surface area (Å²) in [6, 6.07) is 26.6. The molecule has 2 aliphatic carbocycles. The number of fused-ring (bicyclic) bond motifs is 2. The van der Waals surface area contributed by atoms with Gasteiger partial charge in [0.2, 0.25) is 17.2 Å². The monoisotopic (exact) mass is 529 g/mol. The molecule has 0 unspecified atom stereocenters. The van der Waals surface area contributed by atoms with Crippen molar-refractivity contribution in [3.63, 3.8) is 0 Å². The normalized spacial score (nSPS) is 21.7. The fourth-order valence-corrected chi connectivity index (χ4v) is 6.74. The molecule has 0 amide bonds. The molecule has 1 aliphatic heterocycles. The number of carbonyl (C=O) groups excluding carboxylic acids is 4. The molecule has 40 heavy (non-hydrogen) atoms. The number of nitrogens with zero attached hydrogens (tertiary/aromatic N) is 1. The van der Waals surface area contributed by atoms with Crippen molar-refractivity contribution < 1.29 is 28.8 Å². The summed E-state index contributed by atoms with van der Waals surface area (Å²) in [5.74, 6) is -3.81. The molecule has 194 valence electrons. The number of rotatable bonds is 3. The average molecular weight is 530 g/mol. The summed E-state index contributed by atoms with van der Waals surface area (Å²) < 4.78 is 6.58. The number of nitro benzene ring substituents is 1. The van der Waals surface area contributed by atoms with Crippen LogP contribution in [0.25, 0.3) is 0 Å². The lowest BCUT2D eigenvalue weighted by molar-refractivity contribution is -0.384. The van der Waals surface area contributed by atoms with Gasteiger partial charge in [-0.15, -0.1) is 0 Å². The van der Waals surface area contributed by atoms with Crippen LogP contribution in [0.15, 0.2) is 103 Å². The predicted molar refractivity (Wildman–Crippen MR) is 141 cm³/mol. The Kier molecular flexibility index (Phi) is 4.92. The molecule has 4 aromatic rings. The molecule has 3 aliphatic rings. The maximum atomic E-state index is 14.6. The van der Waals surface area contributed by atoms with Gasteiger partial charge >= 0.3 is 0 Å². The highest BCUT2D eigenvalue weighted by atomic mass is 16.6. The third-order valence-corrected chi connectivity index (χ3v) is 8.38. The van der Waals surface area contributed by atoms with E-state index in [0.717, 1.165) is 0 Å². The molecule has 0 aromatic heterocycles. The van der Waals surface area contributed by atoms with Crippen molar-refractivity contribution >= 4 is 28.8 Å². The van der Waals surface area contributed by atoms with Crippen molar-refractivity contribution in [3.8, 4) is 0 Å². The van der Waals surface area contributed by atoms with Crippen molar-refractivity contribution in [2.45, 2.75) is 17.6 Å². The summed E-state index contributed by atoms with van der Waals surface area (Å²) in [5, 5.41) is 11.4. The number of nitro groups is 1. The minimum absolute atomic E-state index is 0.138. The first kappa shape index (κ1) is 24.0. The van der Waals surface area contributed by atoms with E-state index in [1.807, 2.05) is 0 Å². The van der Waals surface area contributed by atoms with E-state index >= 15 is 0 Å². The largest absolute Gasteiger partial charge is 0.348 e. The van der Waals surface area contributed by atoms with E-state index in [0.29, 0.717) is 5.56 Å². The standard InChI is InChI=1S/C32H19NO7/c34-26-21-10-4-5-11-22(21)27(35)31(26)25(18-14-16-20(17-15-18)33(38)39)32(40-30(31)19-8-2-1-3-9-19)28(36)23-12-6-7-13-24(23)29(32)37/h1-17,25,30H/t25-,30-/m0/s1. The highest BCUT2D eigenvalue weighted by molar-refractivity contribution is 6.37. The Balaban J connectivity index is 1.58. The van der Waals surface area contributed by atoms with E-state index in [1.165, 1.54) is 36.4 Å². The minimum atomic E-state index is -2.24. The molecule has 4 aromatic carbocycles. The predicted octanol–water partition coefficient (Wildman–Crippen LogP) is 5.33. The number of benzene rings is 4. The van der Waals surface area contributed by atoms with Gasteiger partial charge in [-0.3, -0.25) is 29.3 Å². The topological polar surface area (TPSA) is 121 Å². The van der Waals surface area contributed by atoms with Crippen LogP contribution in [0.2, 0.25) is 0 Å². The Labute approximate surface area is 227 Å². The molecule has 7 rings (SSSR count).